The van der Waals surface area contributed by atoms with Crippen LogP contribution in [0.25, 0.3) is 0 Å². The number of Topliss-reactive ketones (excluding diaryl/α,β-unsaturated/α-hetero) is 1. The summed E-state index contributed by atoms with van der Waals surface area (Å²) >= 11 is 0. The maximum atomic E-state index is 14.3. The average molecular weight is 1630 g/mol. The fourth-order valence-corrected chi connectivity index (χ4v) is 17.6. The van der Waals surface area contributed by atoms with Gasteiger partial charge in [0.2, 0.25) is 5.91 Å². The molecule has 2 unspecified atom stereocenters. The number of amides is 5. The largest absolute Gasteiger partial charge is 0.448 e. The molecule has 632 valence electrons. The highest BCUT2D eigenvalue weighted by Gasteiger charge is 2.60. The van der Waals surface area contributed by atoms with Crippen LogP contribution in [0, 0.1) is 11.8 Å². The summed E-state index contributed by atoms with van der Waals surface area (Å²) in [5.74, 6) is -1.73. The molecule has 1 aromatic heterocycles. The molecular formula is C80H121N7O24S2. The van der Waals surface area contributed by atoms with Crippen molar-refractivity contribution in [3.05, 3.63) is 78.2 Å². The van der Waals surface area contributed by atoms with Crippen molar-refractivity contribution < 1.29 is 114 Å². The number of hydrogen-bond acceptors (Lipinski definition) is 28. The molecule has 5 amide bonds. The first-order valence-corrected chi connectivity index (χ1v) is 42.8. The Labute approximate surface area is 671 Å². The molecule has 113 heavy (non-hydrogen) atoms. The Morgan fingerprint density at radius 3 is 2.18 bits per heavy atom. The molecule has 2 aromatic rings. The normalized spacial score (nSPS) is 27.7. The number of nitrogens with one attached hydrogen (secondary N) is 2. The summed E-state index contributed by atoms with van der Waals surface area (Å²) in [4.78, 5) is 78.8. The Kier molecular flexibility index (Phi) is 36.5. The lowest BCUT2D eigenvalue weighted by Gasteiger charge is -2.47. The summed E-state index contributed by atoms with van der Waals surface area (Å²) in [5.41, 5.74) is 4.06. The first-order valence-electron chi connectivity index (χ1n) is 40.2. The number of aliphatic hydroxyl groups is 1. The molecule has 7 saturated heterocycles. The number of carbonyl (C=O) groups excluding carboxylic acids is 6. The number of hydrogen-bond donors (Lipinski definition) is 3. The molecule has 31 nitrogen and oxygen atoms in total. The van der Waals surface area contributed by atoms with E-state index < -0.39 is 35.9 Å². The SMILES string of the molecule is C=C1C[C@H](CC[C@]23C[C@@H](OC)[C@H](O2)[C@H]2C[C@@H](O3)[C@H]3O[C@@H](CC(=O)C[C@@H]4C[C@@H](C[C@H](O)CNC(=O)OCc5ccc(N(CCOCCOCCOCCn6cc(COCCOCCOCCOCCNC(=O)CCN7C(=O)C=CC7=O)nn6)C(=O)OCC(C)(C)SSC)cc5)O[C@H]4CC4OCC[C@@H](C)C4=C)CC[C@@H]3O2)OC1CC. The fraction of sp³-hybridized carbons (Fsp3) is 0.750. The number of alkyl carbamates (subject to hydrolysis) is 1. The number of anilines is 1. The summed E-state index contributed by atoms with van der Waals surface area (Å²) in [6.45, 7) is 23.3. The van der Waals surface area contributed by atoms with Gasteiger partial charge in [0.1, 0.15) is 36.9 Å². The van der Waals surface area contributed by atoms with Gasteiger partial charge in [-0.2, -0.15) is 0 Å². The first kappa shape index (κ1) is 89.8. The molecule has 0 saturated carbocycles. The van der Waals surface area contributed by atoms with Gasteiger partial charge in [0.15, 0.2) is 5.79 Å². The number of benzene rings is 1. The van der Waals surface area contributed by atoms with Crippen molar-refractivity contribution in [1.82, 2.24) is 30.5 Å². The van der Waals surface area contributed by atoms with Crippen molar-refractivity contribution in [2.24, 2.45) is 11.8 Å². The molecule has 7 fully saturated rings. The van der Waals surface area contributed by atoms with Crippen LogP contribution in [-0.2, 0) is 119 Å². The average Bonchev–Trinajstić information content (AvgIpc) is 1.60. The zero-order valence-corrected chi connectivity index (χ0v) is 68.3. The number of imide groups is 1. The van der Waals surface area contributed by atoms with Gasteiger partial charge in [0, 0.05) is 103 Å². The van der Waals surface area contributed by atoms with Crippen LogP contribution in [0.3, 0.4) is 0 Å². The number of fused-ring (bicyclic) bond motifs is 7. The first-order chi connectivity index (χ1) is 54.7. The van der Waals surface area contributed by atoms with Crippen molar-refractivity contribution in [3.8, 4) is 0 Å². The molecular weight excluding hydrogens is 1510 g/mol. The number of aromatic nitrogens is 3. The predicted molar refractivity (Wildman–Crippen MR) is 417 cm³/mol. The number of aliphatic hydroxyl groups excluding tert-OH is 1. The van der Waals surface area contributed by atoms with Gasteiger partial charge >= 0.3 is 12.2 Å². The number of nitrogens with zero attached hydrogens (tertiary/aromatic N) is 5. The highest BCUT2D eigenvalue weighted by atomic mass is 33.1. The number of rotatable bonds is 51. The highest BCUT2D eigenvalue weighted by Crippen LogP contribution is 2.50. The Bertz CT molecular complexity index is 3360. The lowest BCUT2D eigenvalue weighted by atomic mass is 9.83. The number of ether oxygens (including phenoxy) is 17. The quantitative estimate of drug-likeness (QED) is 0.0247. The minimum Gasteiger partial charge on any atom is -0.448 e. The molecule has 3 N–H and O–H groups in total. The summed E-state index contributed by atoms with van der Waals surface area (Å²) in [5, 5.41) is 25.1. The monoisotopic (exact) mass is 1630 g/mol. The second-order valence-corrected chi connectivity index (χ2v) is 33.8. The molecule has 0 aliphatic carbocycles. The van der Waals surface area contributed by atoms with Crippen LogP contribution in [0.4, 0.5) is 15.3 Å². The van der Waals surface area contributed by atoms with E-state index in [1.807, 2.05) is 20.1 Å². The van der Waals surface area contributed by atoms with Gasteiger partial charge in [-0.05, 0) is 106 Å². The number of ketones is 1. The second kappa shape index (κ2) is 46.0. The van der Waals surface area contributed by atoms with Gasteiger partial charge in [-0.1, -0.05) is 65.9 Å². The smallest absolute Gasteiger partial charge is 0.414 e. The third kappa shape index (κ3) is 28.3. The molecule has 0 radical (unpaired) electrons. The van der Waals surface area contributed by atoms with Gasteiger partial charge in [0.05, 0.1) is 184 Å². The van der Waals surface area contributed by atoms with E-state index in [0.29, 0.717) is 154 Å². The van der Waals surface area contributed by atoms with E-state index in [4.69, 9.17) is 80.5 Å². The Morgan fingerprint density at radius 1 is 0.761 bits per heavy atom. The minimum atomic E-state index is -0.967. The topological polar surface area (TPSA) is 341 Å². The predicted octanol–water partition coefficient (Wildman–Crippen LogP) is 7.74. The zero-order chi connectivity index (χ0) is 80.1. The molecule has 33 heteroatoms. The number of methoxy groups -OCH3 is 1. The van der Waals surface area contributed by atoms with Crippen LogP contribution in [0.15, 0.2) is 66.9 Å². The van der Waals surface area contributed by atoms with Gasteiger partial charge in [-0.15, -0.1) is 5.10 Å². The second-order valence-electron chi connectivity index (χ2n) is 30.7. The number of carbonyl (C=O) groups is 6. The van der Waals surface area contributed by atoms with Crippen molar-refractivity contribution in [3.63, 3.8) is 0 Å². The standard InChI is InChI=1S/C80H121N7O24S2/c1-9-65-54(3)40-63(106-65)18-21-80-47-71(95-7)76(111-80)69-46-70(110-80)75-66(109-69)15-14-62(108-75)43-60(88)41-57-42-64(107-68(57)45-67-55(4)53(2)20-26-103-67)44-61(89)48-82-77(93)104-50-56-10-12-59(13-11-56)86(78(94)105-52-79(5,6)113-112-8)25-29-98-32-35-100-34-31-97-28-24-85-49-58(83-84-85)51-102-39-38-101-37-36-99-33-30-96-27-22-81-72(90)19-23-87-73(91)16-17-74(87)92/h10-13,16-17,49,53,57,61-71,75-76,89H,3-4,9,14-15,18-48,50-52H2,1-2,5-8H3,(H,81,90)(H,82,93)/t53-,57-,61+,62-,63+,64+,65?,66+,67?,68+,69-,70-,71-,75+,76-,80-/m1/s1. The zero-order valence-electron chi connectivity index (χ0n) is 66.7. The van der Waals surface area contributed by atoms with Gasteiger partial charge in [-0.25, -0.2) is 14.3 Å². The van der Waals surface area contributed by atoms with Crippen LogP contribution in [0.1, 0.15) is 135 Å². The van der Waals surface area contributed by atoms with E-state index >= 15 is 0 Å². The summed E-state index contributed by atoms with van der Waals surface area (Å²) in [6, 6.07) is 7.04. The van der Waals surface area contributed by atoms with Crippen molar-refractivity contribution in [2.75, 3.05) is 144 Å². The maximum absolute atomic E-state index is 14.3. The van der Waals surface area contributed by atoms with E-state index in [9.17, 15) is 33.9 Å². The molecule has 16 atom stereocenters. The molecule has 0 spiro atoms. The molecule has 8 aliphatic rings. The summed E-state index contributed by atoms with van der Waals surface area (Å²) < 4.78 is 105. The van der Waals surface area contributed by atoms with E-state index in [1.165, 1.54) is 17.1 Å². The van der Waals surface area contributed by atoms with Crippen molar-refractivity contribution in [1.29, 1.82) is 0 Å². The fourth-order valence-electron chi connectivity index (χ4n) is 15.6. The van der Waals surface area contributed by atoms with E-state index in [2.05, 4.69) is 48.0 Å². The van der Waals surface area contributed by atoms with E-state index in [1.54, 1.807) is 63.8 Å². The van der Waals surface area contributed by atoms with Gasteiger partial charge in [-0.3, -0.25) is 29.0 Å². The maximum Gasteiger partial charge on any atom is 0.414 e. The molecule has 1 aromatic carbocycles. The lowest BCUT2D eigenvalue weighted by Crippen LogP contribution is -2.58. The van der Waals surface area contributed by atoms with Crippen LogP contribution in [-0.4, -0.2) is 289 Å². The van der Waals surface area contributed by atoms with Crippen molar-refractivity contribution >= 4 is 63.0 Å². The van der Waals surface area contributed by atoms with E-state index in [-0.39, 0.29) is 174 Å². The third-order valence-electron chi connectivity index (χ3n) is 21.6. The molecule has 4 bridgehead atoms. The van der Waals surface area contributed by atoms with Crippen LogP contribution >= 0.6 is 21.6 Å². The highest BCUT2D eigenvalue weighted by molar-refractivity contribution is 8.77. The Hall–Kier alpha value is -5.54. The van der Waals surface area contributed by atoms with E-state index in [0.717, 1.165) is 48.2 Å². The summed E-state index contributed by atoms with van der Waals surface area (Å²) in [6.07, 6.45) is 9.93. The van der Waals surface area contributed by atoms with Crippen LogP contribution in [0.2, 0.25) is 0 Å². The Balaban J connectivity index is 0.578. The molecule has 9 heterocycles. The van der Waals surface area contributed by atoms with Gasteiger partial charge in [0.25, 0.3) is 11.8 Å². The molecule has 10 rings (SSSR count). The third-order valence-corrected chi connectivity index (χ3v) is 24.2. The lowest BCUT2D eigenvalue weighted by molar-refractivity contribution is -0.277. The Morgan fingerprint density at radius 2 is 1.47 bits per heavy atom. The van der Waals surface area contributed by atoms with Gasteiger partial charge < -0.3 is 96.3 Å². The summed E-state index contributed by atoms with van der Waals surface area (Å²) in [7, 11) is 4.93. The molecule has 8 aliphatic heterocycles. The van der Waals surface area contributed by atoms with Crippen LogP contribution in [0.5, 0.6) is 0 Å². The van der Waals surface area contributed by atoms with Crippen LogP contribution < -0.4 is 15.5 Å². The minimum absolute atomic E-state index is 0.0261. The van der Waals surface area contributed by atoms with Crippen molar-refractivity contribution in [2.45, 2.75) is 234 Å².